The Balaban J connectivity index is 1.60. The van der Waals surface area contributed by atoms with Crippen molar-refractivity contribution in [3.05, 3.63) is 99.3 Å². The third-order valence-corrected chi connectivity index (χ3v) is 7.82. The summed E-state index contributed by atoms with van der Waals surface area (Å²) in [5, 5.41) is 1.06. The molecule has 2 aliphatic rings. The number of carbonyl (C=O) groups is 2. The zero-order chi connectivity index (χ0) is 22.5. The molecule has 0 aliphatic carbocycles. The molecule has 8 heteroatoms. The van der Waals surface area contributed by atoms with Crippen molar-refractivity contribution in [2.24, 2.45) is 0 Å². The molecule has 2 amide bonds. The topological polar surface area (TPSA) is 40.6 Å². The van der Waals surface area contributed by atoms with E-state index in [0.717, 1.165) is 5.56 Å². The molecule has 1 spiro atoms. The smallest absolute Gasteiger partial charge is 0.268 e. The molecule has 2 heterocycles. The summed E-state index contributed by atoms with van der Waals surface area (Å²) < 4.78 is 14.4. The Bertz CT molecular complexity index is 1240. The molecular weight excluding hydrogens is 470 g/mol. The Morgan fingerprint density at radius 2 is 1.81 bits per heavy atom. The van der Waals surface area contributed by atoms with Crippen LogP contribution in [0.5, 0.6) is 0 Å². The van der Waals surface area contributed by atoms with Crippen LogP contribution in [0.1, 0.15) is 21.5 Å². The lowest BCUT2D eigenvalue weighted by Gasteiger charge is -2.33. The number of carbonyl (C=O) groups excluding carboxylic acids is 2. The Kier molecular flexibility index (Phi) is 5.40. The van der Waals surface area contributed by atoms with Crippen LogP contribution in [-0.2, 0) is 16.2 Å². The maximum atomic E-state index is 14.4. The van der Waals surface area contributed by atoms with Crippen LogP contribution >= 0.6 is 35.0 Å². The number of halogens is 3. The van der Waals surface area contributed by atoms with Gasteiger partial charge in [0.25, 0.3) is 11.8 Å². The van der Waals surface area contributed by atoms with Crippen LogP contribution in [0.3, 0.4) is 0 Å². The van der Waals surface area contributed by atoms with Crippen molar-refractivity contribution >= 4 is 52.5 Å². The van der Waals surface area contributed by atoms with Gasteiger partial charge in [-0.25, -0.2) is 4.39 Å². The minimum atomic E-state index is -1.32. The first-order valence-corrected chi connectivity index (χ1v) is 11.7. The number of amides is 2. The van der Waals surface area contributed by atoms with Crippen molar-refractivity contribution in [2.75, 3.05) is 17.2 Å². The molecule has 162 valence electrons. The van der Waals surface area contributed by atoms with E-state index in [1.54, 1.807) is 46.2 Å². The third-order valence-electron chi connectivity index (χ3n) is 5.78. The van der Waals surface area contributed by atoms with Crippen LogP contribution in [0, 0.1) is 5.82 Å². The summed E-state index contributed by atoms with van der Waals surface area (Å²) >= 11 is 13.7. The lowest BCUT2D eigenvalue weighted by Crippen LogP contribution is -2.50. The Morgan fingerprint density at radius 3 is 2.56 bits per heavy atom. The van der Waals surface area contributed by atoms with Gasteiger partial charge in [-0.1, -0.05) is 41.4 Å². The highest BCUT2D eigenvalue weighted by atomic mass is 35.5. The number of anilines is 1. The number of hydrogen-bond donors (Lipinski definition) is 0. The fraction of sp³-hybridized carbons (Fsp3) is 0.167. The van der Waals surface area contributed by atoms with Crippen LogP contribution in [0.2, 0.25) is 10.0 Å². The van der Waals surface area contributed by atoms with Gasteiger partial charge in [0.15, 0.2) is 4.87 Å². The van der Waals surface area contributed by atoms with Crippen LogP contribution in [0.15, 0.2) is 66.7 Å². The quantitative estimate of drug-likeness (QED) is 0.475. The number of rotatable bonds is 3. The maximum Gasteiger partial charge on any atom is 0.268 e. The first-order valence-electron chi connectivity index (χ1n) is 9.99. The largest absolute Gasteiger partial charge is 0.311 e. The lowest BCUT2D eigenvalue weighted by atomic mass is 10.0. The Labute approximate surface area is 198 Å². The van der Waals surface area contributed by atoms with E-state index in [9.17, 15) is 14.0 Å². The zero-order valence-electron chi connectivity index (χ0n) is 16.7. The van der Waals surface area contributed by atoms with Crippen molar-refractivity contribution in [3.8, 4) is 0 Å². The van der Waals surface area contributed by atoms with Crippen LogP contribution in [-0.4, -0.2) is 29.0 Å². The van der Waals surface area contributed by atoms with Gasteiger partial charge in [0, 0.05) is 33.5 Å². The molecule has 0 bridgehead atoms. The van der Waals surface area contributed by atoms with Gasteiger partial charge in [-0.15, -0.1) is 11.8 Å². The van der Waals surface area contributed by atoms with Crippen LogP contribution in [0.25, 0.3) is 0 Å². The molecule has 32 heavy (non-hydrogen) atoms. The molecule has 1 atom stereocenters. The lowest BCUT2D eigenvalue weighted by molar-refractivity contribution is -0.123. The van der Waals surface area contributed by atoms with Gasteiger partial charge in [0.05, 0.1) is 12.2 Å². The first kappa shape index (κ1) is 21.3. The van der Waals surface area contributed by atoms with Gasteiger partial charge in [-0.2, -0.15) is 0 Å². The fourth-order valence-electron chi connectivity index (χ4n) is 4.29. The SMILES string of the molecule is O=C(c1ccc(Cl)cc1)N1CCSC12C(=O)N(Cc1ccccc1Cl)c1ccc(F)cc12. The number of hydrogen-bond acceptors (Lipinski definition) is 3. The Morgan fingerprint density at radius 1 is 1.06 bits per heavy atom. The number of thioether (sulfide) groups is 1. The number of nitrogens with zero attached hydrogens (tertiary/aromatic N) is 2. The molecule has 3 aromatic rings. The van der Waals surface area contributed by atoms with E-state index in [1.165, 1.54) is 23.9 Å². The standard InChI is InChI=1S/C24H17Cl2FN2O2S/c25-17-7-5-15(6-8-17)22(30)29-11-12-32-24(29)19-13-18(27)9-10-21(19)28(23(24)31)14-16-3-1-2-4-20(16)26/h1-10,13H,11-12,14H2. The van der Waals surface area contributed by atoms with Crippen molar-refractivity contribution in [1.82, 2.24) is 4.90 Å². The van der Waals surface area contributed by atoms with Gasteiger partial charge in [-0.05, 0) is 54.1 Å². The Hall–Kier alpha value is -2.54. The van der Waals surface area contributed by atoms with Gasteiger partial charge in [0.2, 0.25) is 0 Å². The second kappa shape index (κ2) is 8.10. The predicted molar refractivity (Wildman–Crippen MR) is 126 cm³/mol. The van der Waals surface area contributed by atoms with Crippen molar-refractivity contribution in [1.29, 1.82) is 0 Å². The van der Waals surface area contributed by atoms with Gasteiger partial charge < -0.3 is 9.80 Å². The number of benzene rings is 3. The monoisotopic (exact) mass is 486 g/mol. The van der Waals surface area contributed by atoms with Crippen molar-refractivity contribution in [3.63, 3.8) is 0 Å². The predicted octanol–water partition coefficient (Wildman–Crippen LogP) is 5.72. The van der Waals surface area contributed by atoms with E-state index in [1.807, 2.05) is 18.2 Å². The molecule has 0 aromatic heterocycles. The second-order valence-corrected chi connectivity index (χ2v) is 9.73. The minimum absolute atomic E-state index is 0.225. The van der Waals surface area contributed by atoms with Crippen LogP contribution in [0.4, 0.5) is 10.1 Å². The van der Waals surface area contributed by atoms with Crippen molar-refractivity contribution in [2.45, 2.75) is 11.4 Å². The minimum Gasteiger partial charge on any atom is -0.311 e. The summed E-state index contributed by atoms with van der Waals surface area (Å²) in [6.07, 6.45) is 0. The second-order valence-electron chi connectivity index (χ2n) is 7.60. The summed E-state index contributed by atoms with van der Waals surface area (Å²) in [5.74, 6) is -0.472. The average Bonchev–Trinajstić information content (AvgIpc) is 3.32. The van der Waals surface area contributed by atoms with E-state index in [-0.39, 0.29) is 18.4 Å². The van der Waals surface area contributed by atoms with Crippen molar-refractivity contribution < 1.29 is 14.0 Å². The molecular formula is C24H17Cl2FN2O2S. The van der Waals surface area contributed by atoms with E-state index in [2.05, 4.69) is 0 Å². The highest BCUT2D eigenvalue weighted by Crippen LogP contribution is 2.55. The van der Waals surface area contributed by atoms with Gasteiger partial charge >= 0.3 is 0 Å². The first-order chi connectivity index (χ1) is 15.4. The highest BCUT2D eigenvalue weighted by Gasteiger charge is 2.59. The van der Waals surface area contributed by atoms with E-state index >= 15 is 0 Å². The third kappa shape index (κ3) is 3.29. The summed E-state index contributed by atoms with van der Waals surface area (Å²) in [4.78, 5) is 29.2. The summed E-state index contributed by atoms with van der Waals surface area (Å²) in [5.41, 5.74) is 2.26. The van der Waals surface area contributed by atoms with Crippen LogP contribution < -0.4 is 4.90 Å². The van der Waals surface area contributed by atoms with Gasteiger partial charge in [0.1, 0.15) is 5.82 Å². The number of fused-ring (bicyclic) bond motifs is 2. The fourth-order valence-corrected chi connectivity index (χ4v) is 6.06. The molecule has 0 saturated carbocycles. The molecule has 2 aliphatic heterocycles. The average molecular weight is 487 g/mol. The van der Waals surface area contributed by atoms with E-state index in [4.69, 9.17) is 23.2 Å². The normalized spacial score (nSPS) is 19.7. The summed E-state index contributed by atoms with van der Waals surface area (Å²) in [7, 11) is 0. The molecule has 1 saturated heterocycles. The summed E-state index contributed by atoms with van der Waals surface area (Å²) in [6, 6.07) is 18.1. The molecule has 1 fully saturated rings. The highest BCUT2D eigenvalue weighted by molar-refractivity contribution is 8.01. The van der Waals surface area contributed by atoms with E-state index < -0.39 is 10.7 Å². The van der Waals surface area contributed by atoms with Gasteiger partial charge in [-0.3, -0.25) is 9.59 Å². The molecule has 3 aromatic carbocycles. The summed E-state index contributed by atoms with van der Waals surface area (Å²) in [6.45, 7) is 0.593. The molecule has 4 nitrogen and oxygen atoms in total. The molecule has 1 unspecified atom stereocenters. The molecule has 0 N–H and O–H groups in total. The zero-order valence-corrected chi connectivity index (χ0v) is 19.1. The van der Waals surface area contributed by atoms with E-state index in [0.29, 0.717) is 39.2 Å². The molecule has 5 rings (SSSR count). The maximum absolute atomic E-state index is 14.4. The molecule has 0 radical (unpaired) electrons.